The van der Waals surface area contributed by atoms with Crippen LogP contribution in [0.4, 0.5) is 13.2 Å². The number of hydrogen-bond acceptors (Lipinski definition) is 3. The van der Waals surface area contributed by atoms with Crippen molar-refractivity contribution < 1.29 is 22.7 Å². The zero-order valence-electron chi connectivity index (χ0n) is 14.4. The molecular weight excluding hydrogens is 337 g/mol. The van der Waals surface area contributed by atoms with Gasteiger partial charge in [0, 0.05) is 18.7 Å². The lowest BCUT2D eigenvalue weighted by atomic mass is 9.93. The van der Waals surface area contributed by atoms with Crippen molar-refractivity contribution >= 4 is 11.9 Å². The number of primary amides is 1. The second-order valence-electron chi connectivity index (χ2n) is 5.95. The summed E-state index contributed by atoms with van der Waals surface area (Å²) in [7, 11) is 0. The first-order chi connectivity index (χ1) is 11.5. The highest BCUT2D eigenvalue weighted by molar-refractivity contribution is 5.83. The minimum absolute atomic E-state index is 0.0292. The Morgan fingerprint density at radius 2 is 1.88 bits per heavy atom. The van der Waals surface area contributed by atoms with Crippen molar-refractivity contribution in [3.63, 3.8) is 0 Å². The molecule has 6 nitrogen and oxygen atoms in total. The van der Waals surface area contributed by atoms with Gasteiger partial charge in [-0.25, -0.2) is 4.99 Å². The van der Waals surface area contributed by atoms with Crippen molar-refractivity contribution in [2.45, 2.75) is 33.7 Å². The average molecular weight is 360 g/mol. The molecule has 0 aliphatic carbocycles. The van der Waals surface area contributed by atoms with E-state index >= 15 is 0 Å². The standard InChI is InChI=1S/C16H23F3N4O2/c1-4-21-14(23-10-15(2,3)13(20)24)22-9-11-7-5-6-8-12(11)25-16(17,18)19/h5-8H,4,9-10H2,1-3H3,(H2,20,24)(H2,21,22,23). The molecule has 0 unspecified atom stereocenters. The topological polar surface area (TPSA) is 88.7 Å². The zero-order chi connectivity index (χ0) is 19.1. The monoisotopic (exact) mass is 360 g/mol. The van der Waals surface area contributed by atoms with Crippen LogP contribution in [0.15, 0.2) is 29.3 Å². The van der Waals surface area contributed by atoms with Gasteiger partial charge in [0.15, 0.2) is 5.96 Å². The Bertz CT molecular complexity index is 616. The Labute approximate surface area is 144 Å². The molecule has 1 aromatic carbocycles. The maximum absolute atomic E-state index is 12.4. The summed E-state index contributed by atoms with van der Waals surface area (Å²) in [5, 5.41) is 5.91. The molecule has 0 fully saturated rings. The van der Waals surface area contributed by atoms with Gasteiger partial charge in [-0.2, -0.15) is 0 Å². The van der Waals surface area contributed by atoms with Gasteiger partial charge in [-0.15, -0.1) is 13.2 Å². The first kappa shape index (κ1) is 20.6. The average Bonchev–Trinajstić information content (AvgIpc) is 2.49. The van der Waals surface area contributed by atoms with E-state index in [1.807, 2.05) is 6.92 Å². The van der Waals surface area contributed by atoms with E-state index < -0.39 is 17.7 Å². The lowest BCUT2D eigenvalue weighted by molar-refractivity contribution is -0.274. The Morgan fingerprint density at radius 3 is 2.44 bits per heavy atom. The second kappa shape index (κ2) is 8.59. The zero-order valence-corrected chi connectivity index (χ0v) is 14.4. The minimum atomic E-state index is -4.77. The molecule has 9 heteroatoms. The third-order valence-corrected chi connectivity index (χ3v) is 3.31. The molecule has 0 spiro atoms. The van der Waals surface area contributed by atoms with Crippen molar-refractivity contribution in [1.29, 1.82) is 0 Å². The highest BCUT2D eigenvalue weighted by atomic mass is 19.4. The number of alkyl halides is 3. The van der Waals surface area contributed by atoms with Crippen LogP contribution in [-0.2, 0) is 11.3 Å². The van der Waals surface area contributed by atoms with Gasteiger partial charge in [-0.3, -0.25) is 4.79 Å². The van der Waals surface area contributed by atoms with Crippen LogP contribution in [0.3, 0.4) is 0 Å². The van der Waals surface area contributed by atoms with Gasteiger partial charge in [0.25, 0.3) is 0 Å². The summed E-state index contributed by atoms with van der Waals surface area (Å²) in [6.45, 7) is 5.95. The van der Waals surface area contributed by atoms with Crippen LogP contribution in [0.5, 0.6) is 5.75 Å². The van der Waals surface area contributed by atoms with Gasteiger partial charge in [0.1, 0.15) is 5.75 Å². The van der Waals surface area contributed by atoms with E-state index in [2.05, 4.69) is 20.4 Å². The van der Waals surface area contributed by atoms with Gasteiger partial charge >= 0.3 is 6.36 Å². The van der Waals surface area contributed by atoms with E-state index in [1.54, 1.807) is 19.9 Å². The number of nitrogens with one attached hydrogen (secondary N) is 2. The van der Waals surface area contributed by atoms with Crippen molar-refractivity contribution in [1.82, 2.24) is 10.6 Å². The highest BCUT2D eigenvalue weighted by Crippen LogP contribution is 2.26. The number of halogens is 3. The van der Waals surface area contributed by atoms with Crippen molar-refractivity contribution in [3.05, 3.63) is 29.8 Å². The molecule has 0 atom stereocenters. The first-order valence-electron chi connectivity index (χ1n) is 7.71. The Hall–Kier alpha value is -2.45. The molecule has 0 saturated carbocycles. The van der Waals surface area contributed by atoms with Crippen LogP contribution in [0.1, 0.15) is 26.3 Å². The van der Waals surface area contributed by atoms with E-state index in [1.165, 1.54) is 18.2 Å². The number of amides is 1. The molecule has 0 aliphatic heterocycles. The molecule has 1 amide bonds. The fraction of sp³-hybridized carbons (Fsp3) is 0.500. The van der Waals surface area contributed by atoms with Crippen LogP contribution >= 0.6 is 0 Å². The van der Waals surface area contributed by atoms with E-state index in [9.17, 15) is 18.0 Å². The number of carbonyl (C=O) groups is 1. The van der Waals surface area contributed by atoms with Crippen LogP contribution in [0, 0.1) is 5.41 Å². The number of rotatable bonds is 7. The summed E-state index contributed by atoms with van der Waals surface area (Å²) in [5.41, 5.74) is 4.80. The van der Waals surface area contributed by atoms with Gasteiger partial charge in [0.2, 0.25) is 5.91 Å². The Morgan fingerprint density at radius 1 is 1.24 bits per heavy atom. The molecule has 0 heterocycles. The number of aliphatic imine (C=N–C) groups is 1. The number of benzene rings is 1. The quantitative estimate of drug-likeness (QED) is 0.513. The van der Waals surface area contributed by atoms with E-state index in [-0.39, 0.29) is 24.4 Å². The number of hydrogen-bond donors (Lipinski definition) is 3. The number of ether oxygens (including phenoxy) is 1. The first-order valence-corrected chi connectivity index (χ1v) is 7.71. The smallest absolute Gasteiger partial charge is 0.405 e. The maximum Gasteiger partial charge on any atom is 0.573 e. The Kier molecular flexibility index (Phi) is 7.08. The second-order valence-corrected chi connectivity index (χ2v) is 5.95. The number of guanidine groups is 1. The number of nitrogens with zero attached hydrogens (tertiary/aromatic N) is 1. The van der Waals surface area contributed by atoms with E-state index in [0.29, 0.717) is 12.5 Å². The summed E-state index contributed by atoms with van der Waals surface area (Å²) < 4.78 is 41.3. The molecule has 1 aromatic rings. The highest BCUT2D eigenvalue weighted by Gasteiger charge is 2.32. The number of nitrogens with two attached hydrogens (primary N) is 1. The molecular formula is C16H23F3N4O2. The predicted octanol–water partition coefficient (Wildman–Crippen LogP) is 2.15. The number of para-hydroxylation sites is 1. The molecule has 140 valence electrons. The fourth-order valence-corrected chi connectivity index (χ4v) is 1.76. The van der Waals surface area contributed by atoms with Gasteiger partial charge in [0.05, 0.1) is 12.0 Å². The van der Waals surface area contributed by atoms with Gasteiger partial charge < -0.3 is 21.1 Å². The third-order valence-electron chi connectivity index (χ3n) is 3.31. The Balaban J connectivity index is 2.86. The van der Waals surface area contributed by atoms with Gasteiger partial charge in [-0.1, -0.05) is 18.2 Å². The predicted molar refractivity (Wildman–Crippen MR) is 88.9 cm³/mol. The van der Waals surface area contributed by atoms with Crippen LogP contribution in [0.25, 0.3) is 0 Å². The van der Waals surface area contributed by atoms with Gasteiger partial charge in [-0.05, 0) is 26.8 Å². The van der Waals surface area contributed by atoms with Crippen molar-refractivity contribution in [2.24, 2.45) is 16.1 Å². The molecule has 4 N–H and O–H groups in total. The normalized spacial score (nSPS) is 12.6. The molecule has 0 aromatic heterocycles. The molecule has 25 heavy (non-hydrogen) atoms. The largest absolute Gasteiger partial charge is 0.573 e. The summed E-state index contributed by atoms with van der Waals surface area (Å²) in [6.07, 6.45) is -4.77. The van der Waals surface area contributed by atoms with Crippen molar-refractivity contribution in [3.8, 4) is 5.75 Å². The van der Waals surface area contributed by atoms with E-state index in [0.717, 1.165) is 0 Å². The van der Waals surface area contributed by atoms with Crippen LogP contribution in [-0.4, -0.2) is 31.3 Å². The molecule has 0 radical (unpaired) electrons. The maximum atomic E-state index is 12.4. The fourth-order valence-electron chi connectivity index (χ4n) is 1.76. The lowest BCUT2D eigenvalue weighted by Gasteiger charge is -2.22. The summed E-state index contributed by atoms with van der Waals surface area (Å²) in [4.78, 5) is 15.6. The lowest BCUT2D eigenvalue weighted by Crippen LogP contribution is -2.46. The summed E-state index contributed by atoms with van der Waals surface area (Å²) in [6, 6.07) is 5.79. The molecule has 0 aliphatic rings. The summed E-state index contributed by atoms with van der Waals surface area (Å²) >= 11 is 0. The summed E-state index contributed by atoms with van der Waals surface area (Å²) in [5.74, 6) is -0.412. The minimum Gasteiger partial charge on any atom is -0.405 e. The SMILES string of the molecule is CCNC(=NCc1ccccc1OC(F)(F)F)NCC(C)(C)C(N)=O. The third kappa shape index (κ3) is 7.32. The van der Waals surface area contributed by atoms with E-state index in [4.69, 9.17) is 5.73 Å². The van der Waals surface area contributed by atoms with Crippen LogP contribution in [0.2, 0.25) is 0 Å². The van der Waals surface area contributed by atoms with Crippen molar-refractivity contribution in [2.75, 3.05) is 13.1 Å². The molecule has 1 rings (SSSR count). The molecule has 0 saturated heterocycles. The van der Waals surface area contributed by atoms with Crippen LogP contribution < -0.4 is 21.1 Å². The number of carbonyl (C=O) groups excluding carboxylic acids is 1. The molecule has 0 bridgehead atoms.